The Bertz CT molecular complexity index is 1220. The average Bonchev–Trinajstić information content (AvgIpc) is 3.51. The van der Waals surface area contributed by atoms with Crippen molar-refractivity contribution in [2.45, 2.75) is 82.5 Å². The fraction of sp³-hybridized carbons (Fsp3) is 0.625. The molecule has 2 bridgehead atoms. The van der Waals surface area contributed by atoms with Crippen LogP contribution in [0.5, 0.6) is 5.75 Å². The van der Waals surface area contributed by atoms with Gasteiger partial charge in [-0.3, -0.25) is 9.69 Å². The summed E-state index contributed by atoms with van der Waals surface area (Å²) in [5.41, 5.74) is -5.65. The number of benzene rings is 1. The summed E-state index contributed by atoms with van der Waals surface area (Å²) >= 11 is 0. The molecule has 13 heteroatoms. The second-order valence-corrected chi connectivity index (χ2v) is 12.0. The summed E-state index contributed by atoms with van der Waals surface area (Å²) in [6, 6.07) is 1.17. The summed E-state index contributed by atoms with van der Waals surface area (Å²) in [5, 5.41) is 0. The predicted molar refractivity (Wildman–Crippen MR) is 122 cm³/mol. The minimum Gasteiger partial charge on any atom is -0.456 e. The molecule has 0 radical (unpaired) electrons. The normalized spacial score (nSPS) is 23.1. The van der Waals surface area contributed by atoms with E-state index in [0.29, 0.717) is 24.8 Å². The van der Waals surface area contributed by atoms with E-state index in [2.05, 4.69) is 4.18 Å². The summed E-state index contributed by atoms with van der Waals surface area (Å²) in [5.74, 6) is -1.90. The molecule has 204 valence electrons. The largest absolute Gasteiger partial charge is 0.534 e. The number of halogens is 3. The maximum atomic E-state index is 13.0. The average molecular weight is 548 g/mol. The Morgan fingerprint density at radius 2 is 1.73 bits per heavy atom. The zero-order valence-corrected chi connectivity index (χ0v) is 21.4. The first-order chi connectivity index (χ1) is 17.1. The maximum absolute atomic E-state index is 13.0. The minimum absolute atomic E-state index is 0.101. The molecule has 1 aromatic carbocycles. The molecule has 2 fully saturated rings. The summed E-state index contributed by atoms with van der Waals surface area (Å²) in [6.07, 6.45) is 2.56. The van der Waals surface area contributed by atoms with Gasteiger partial charge in [0.05, 0.1) is 0 Å². The number of ketones is 1. The first kappa shape index (κ1) is 27.2. The minimum atomic E-state index is -5.86. The molecule has 3 aliphatic rings. The van der Waals surface area contributed by atoms with Crippen LogP contribution in [-0.4, -0.2) is 61.0 Å². The summed E-state index contributed by atoms with van der Waals surface area (Å²) in [7, 11) is -5.86. The van der Waals surface area contributed by atoms with E-state index in [1.54, 1.807) is 20.8 Å². The Morgan fingerprint density at radius 3 is 2.38 bits per heavy atom. The van der Waals surface area contributed by atoms with Gasteiger partial charge in [-0.2, -0.15) is 21.6 Å². The summed E-state index contributed by atoms with van der Waals surface area (Å²) < 4.78 is 76.2. The molecule has 37 heavy (non-hydrogen) atoms. The van der Waals surface area contributed by atoms with E-state index in [-0.39, 0.29) is 29.5 Å². The standard InChI is InChI=1S/C24H28F3NO8S/c1-23(2,3)35-22(31)28-14-8-7-13(11-14)20(28)21(30)34-12-18(29)16-9-10-19(17-6-4-5-15(16)17)36-37(32,33)24(25,26)27/h9-10,13-14,20H,4-8,11-12H2,1-3H3/t13?,14?,20-/m0/s1. The Kier molecular flexibility index (Phi) is 6.97. The molecular formula is C24H28F3NO8S. The van der Waals surface area contributed by atoms with E-state index in [0.717, 1.165) is 18.9 Å². The molecule has 1 saturated carbocycles. The Morgan fingerprint density at radius 1 is 1.05 bits per heavy atom. The zero-order valence-electron chi connectivity index (χ0n) is 20.6. The highest BCUT2D eigenvalue weighted by molar-refractivity contribution is 7.88. The van der Waals surface area contributed by atoms with Gasteiger partial charge in [-0.15, -0.1) is 0 Å². The molecule has 1 amide bonds. The molecule has 2 unspecified atom stereocenters. The van der Waals surface area contributed by atoms with Crippen molar-refractivity contribution in [3.63, 3.8) is 0 Å². The number of carbonyl (C=O) groups excluding carboxylic acids is 3. The lowest BCUT2D eigenvalue weighted by Crippen LogP contribution is -2.51. The van der Waals surface area contributed by atoms with Crippen LogP contribution < -0.4 is 4.18 Å². The number of Topliss-reactive ketones (excluding diaryl/α,β-unsaturated/α-hetero) is 1. The Labute approximate surface area is 212 Å². The highest BCUT2D eigenvalue weighted by Gasteiger charge is 2.53. The Balaban J connectivity index is 1.46. The number of rotatable bonds is 6. The lowest BCUT2D eigenvalue weighted by molar-refractivity contribution is -0.150. The first-order valence-electron chi connectivity index (χ1n) is 12.0. The van der Waals surface area contributed by atoms with E-state index in [4.69, 9.17) is 9.47 Å². The molecule has 9 nitrogen and oxygen atoms in total. The SMILES string of the molecule is CC(C)(C)OC(=O)N1C2CCC(C2)[C@H]1C(=O)OCC(=O)c1ccc(OS(=O)(=O)C(F)(F)F)c2c1CCC2. The van der Waals surface area contributed by atoms with Crippen LogP contribution >= 0.6 is 0 Å². The van der Waals surface area contributed by atoms with Crippen molar-refractivity contribution in [1.29, 1.82) is 0 Å². The second kappa shape index (κ2) is 9.48. The molecule has 0 aromatic heterocycles. The van der Waals surface area contributed by atoms with Crippen molar-refractivity contribution in [1.82, 2.24) is 4.90 Å². The van der Waals surface area contributed by atoms with E-state index < -0.39 is 57.5 Å². The smallest absolute Gasteiger partial charge is 0.456 e. The third-order valence-corrected chi connectivity index (χ3v) is 7.77. The number of piperidine rings is 1. The van der Waals surface area contributed by atoms with Crippen LogP contribution in [0.15, 0.2) is 12.1 Å². The van der Waals surface area contributed by atoms with Gasteiger partial charge >= 0.3 is 27.7 Å². The number of esters is 1. The first-order valence-corrected chi connectivity index (χ1v) is 13.4. The third-order valence-electron chi connectivity index (χ3n) is 6.80. The number of amides is 1. The molecular weight excluding hydrogens is 519 g/mol. The van der Waals surface area contributed by atoms with Crippen molar-refractivity contribution >= 4 is 28.0 Å². The van der Waals surface area contributed by atoms with Crippen molar-refractivity contribution in [2.75, 3.05) is 6.61 Å². The quantitative estimate of drug-likeness (QED) is 0.228. The molecule has 2 aliphatic carbocycles. The predicted octanol–water partition coefficient (Wildman–Crippen LogP) is 3.92. The van der Waals surface area contributed by atoms with Crippen LogP contribution in [0.4, 0.5) is 18.0 Å². The second-order valence-electron chi connectivity index (χ2n) is 10.5. The van der Waals surface area contributed by atoms with E-state index in [1.165, 1.54) is 11.0 Å². The topological polar surface area (TPSA) is 116 Å². The summed E-state index contributed by atoms with van der Waals surface area (Å²) in [4.78, 5) is 40.0. The van der Waals surface area contributed by atoms with Crippen LogP contribution in [0.2, 0.25) is 0 Å². The number of nitrogens with zero attached hydrogens (tertiary/aromatic N) is 1. The zero-order chi connectivity index (χ0) is 27.3. The third kappa shape index (κ3) is 5.41. The van der Waals surface area contributed by atoms with Crippen LogP contribution in [0, 0.1) is 5.92 Å². The fourth-order valence-corrected chi connectivity index (χ4v) is 5.83. The van der Waals surface area contributed by atoms with Gasteiger partial charge in [-0.25, -0.2) is 9.59 Å². The molecule has 1 aromatic rings. The van der Waals surface area contributed by atoms with Crippen LogP contribution in [-0.2, 0) is 37.2 Å². The van der Waals surface area contributed by atoms with E-state index in [9.17, 15) is 36.0 Å². The monoisotopic (exact) mass is 547 g/mol. The molecule has 3 atom stereocenters. The van der Waals surface area contributed by atoms with Gasteiger partial charge in [0.2, 0.25) is 5.78 Å². The lowest BCUT2D eigenvalue weighted by Gasteiger charge is -2.35. The maximum Gasteiger partial charge on any atom is 0.534 e. The van der Waals surface area contributed by atoms with Crippen LogP contribution in [0.1, 0.15) is 67.9 Å². The Hall–Kier alpha value is -2.83. The van der Waals surface area contributed by atoms with Crippen molar-refractivity contribution < 1.29 is 49.6 Å². The van der Waals surface area contributed by atoms with Crippen molar-refractivity contribution in [2.24, 2.45) is 5.92 Å². The number of ether oxygens (including phenoxy) is 2. The summed E-state index contributed by atoms with van der Waals surface area (Å²) in [6.45, 7) is 4.53. The lowest BCUT2D eigenvalue weighted by atomic mass is 9.98. The number of likely N-dealkylation sites (tertiary alicyclic amines) is 1. The molecule has 1 aliphatic heterocycles. The number of hydrogen-bond donors (Lipinski definition) is 0. The van der Waals surface area contributed by atoms with Gasteiger partial charge in [0.1, 0.15) is 17.4 Å². The van der Waals surface area contributed by atoms with Gasteiger partial charge < -0.3 is 13.7 Å². The van der Waals surface area contributed by atoms with E-state index in [1.807, 2.05) is 0 Å². The van der Waals surface area contributed by atoms with Gasteiger partial charge in [0.25, 0.3) is 0 Å². The molecule has 1 heterocycles. The molecule has 4 rings (SSSR count). The molecule has 0 N–H and O–H groups in total. The van der Waals surface area contributed by atoms with E-state index >= 15 is 0 Å². The van der Waals surface area contributed by atoms with Gasteiger partial charge in [-0.1, -0.05) is 0 Å². The van der Waals surface area contributed by atoms with Crippen LogP contribution in [0.25, 0.3) is 0 Å². The number of carbonyl (C=O) groups is 3. The molecule has 0 spiro atoms. The molecule has 1 saturated heterocycles. The number of hydrogen-bond acceptors (Lipinski definition) is 8. The van der Waals surface area contributed by atoms with Crippen LogP contribution in [0.3, 0.4) is 0 Å². The number of fused-ring (bicyclic) bond motifs is 3. The highest BCUT2D eigenvalue weighted by atomic mass is 32.2. The van der Waals surface area contributed by atoms with Gasteiger partial charge in [0.15, 0.2) is 6.61 Å². The fourth-order valence-electron chi connectivity index (χ4n) is 5.35. The van der Waals surface area contributed by atoms with Crippen molar-refractivity contribution in [3.8, 4) is 5.75 Å². The van der Waals surface area contributed by atoms with Gasteiger partial charge in [0, 0.05) is 11.6 Å². The van der Waals surface area contributed by atoms with Gasteiger partial charge in [-0.05, 0) is 88.5 Å². The number of alkyl halides is 3. The van der Waals surface area contributed by atoms with Crippen molar-refractivity contribution in [3.05, 3.63) is 28.8 Å². The highest BCUT2D eigenvalue weighted by Crippen LogP contribution is 2.43.